The summed E-state index contributed by atoms with van der Waals surface area (Å²) in [4.78, 5) is 23.7. The van der Waals surface area contributed by atoms with Crippen LogP contribution in [-0.2, 0) is 9.53 Å². The van der Waals surface area contributed by atoms with Crippen molar-refractivity contribution < 1.29 is 14.3 Å². The molecule has 0 saturated heterocycles. The smallest absolute Gasteiger partial charge is 0.338 e. The lowest BCUT2D eigenvalue weighted by atomic mass is 10.2. The number of anilines is 2. The first kappa shape index (κ1) is 19.0. The van der Waals surface area contributed by atoms with Gasteiger partial charge < -0.3 is 15.4 Å². The number of hydrogen-bond acceptors (Lipinski definition) is 5. The van der Waals surface area contributed by atoms with Crippen LogP contribution < -0.4 is 10.6 Å². The van der Waals surface area contributed by atoms with Crippen LogP contribution in [0.4, 0.5) is 11.4 Å². The molecule has 0 spiro atoms. The van der Waals surface area contributed by atoms with Gasteiger partial charge in [-0.15, -0.1) is 0 Å². The number of ether oxygens (including phenoxy) is 1. The molecular weight excluding hydrogens is 354 g/mol. The van der Waals surface area contributed by atoms with E-state index in [0.717, 1.165) is 0 Å². The second kappa shape index (κ2) is 9.25. The molecule has 0 atom stereocenters. The molecule has 2 aromatic carbocycles. The third-order valence-corrected chi connectivity index (χ3v) is 3.46. The molecule has 0 aromatic heterocycles. The van der Waals surface area contributed by atoms with Gasteiger partial charge in [0.1, 0.15) is 11.6 Å². The molecule has 7 heteroatoms. The molecule has 2 rings (SSSR count). The highest BCUT2D eigenvalue weighted by molar-refractivity contribution is 6.31. The fourth-order valence-electron chi connectivity index (χ4n) is 1.99. The number of benzene rings is 2. The molecule has 2 aromatic rings. The van der Waals surface area contributed by atoms with Gasteiger partial charge in [-0.05, 0) is 49.4 Å². The number of nitrogens with zero attached hydrogens (tertiary/aromatic N) is 1. The Labute approximate surface area is 156 Å². The number of carbonyl (C=O) groups excluding carboxylic acids is 2. The number of esters is 1. The number of carbonyl (C=O) groups is 2. The van der Waals surface area contributed by atoms with Crippen LogP contribution in [0.2, 0.25) is 5.02 Å². The zero-order valence-corrected chi connectivity index (χ0v) is 14.7. The van der Waals surface area contributed by atoms with Gasteiger partial charge in [-0.1, -0.05) is 17.7 Å². The summed E-state index contributed by atoms with van der Waals surface area (Å²) >= 11 is 5.86. The van der Waals surface area contributed by atoms with E-state index in [-0.39, 0.29) is 5.57 Å². The van der Waals surface area contributed by atoms with Crippen molar-refractivity contribution >= 4 is 34.9 Å². The summed E-state index contributed by atoms with van der Waals surface area (Å²) in [6.45, 7) is 2.03. The lowest BCUT2D eigenvalue weighted by Gasteiger charge is -2.06. The van der Waals surface area contributed by atoms with E-state index in [4.69, 9.17) is 16.3 Å². The molecule has 0 saturated carbocycles. The monoisotopic (exact) mass is 369 g/mol. The largest absolute Gasteiger partial charge is 0.462 e. The minimum absolute atomic E-state index is 0.112. The van der Waals surface area contributed by atoms with Crippen LogP contribution in [0.5, 0.6) is 0 Å². The van der Waals surface area contributed by atoms with E-state index >= 15 is 0 Å². The molecule has 132 valence electrons. The maximum absolute atomic E-state index is 12.1. The maximum atomic E-state index is 12.1. The van der Waals surface area contributed by atoms with Gasteiger partial charge in [0.2, 0.25) is 0 Å². The van der Waals surface area contributed by atoms with Crippen molar-refractivity contribution in [1.82, 2.24) is 0 Å². The summed E-state index contributed by atoms with van der Waals surface area (Å²) < 4.78 is 4.90. The molecule has 0 aliphatic heterocycles. The molecule has 0 unspecified atom stereocenters. The highest BCUT2D eigenvalue weighted by Gasteiger charge is 2.10. The average Bonchev–Trinajstić information content (AvgIpc) is 2.63. The summed E-state index contributed by atoms with van der Waals surface area (Å²) in [5.41, 5.74) is 1.41. The number of hydrogen-bond donors (Lipinski definition) is 2. The Balaban J connectivity index is 2.03. The number of halogens is 1. The van der Waals surface area contributed by atoms with E-state index in [1.807, 2.05) is 6.07 Å². The van der Waals surface area contributed by atoms with Crippen LogP contribution in [0.25, 0.3) is 0 Å². The predicted octanol–water partition coefficient (Wildman–Crippen LogP) is 3.97. The van der Waals surface area contributed by atoms with Gasteiger partial charge in [-0.25, -0.2) is 4.79 Å². The van der Waals surface area contributed by atoms with Gasteiger partial charge in [0.15, 0.2) is 0 Å². The summed E-state index contributed by atoms with van der Waals surface area (Å²) in [5.74, 6) is -0.974. The Morgan fingerprint density at radius 2 is 1.92 bits per heavy atom. The summed E-state index contributed by atoms with van der Waals surface area (Å²) in [7, 11) is 0. The average molecular weight is 370 g/mol. The van der Waals surface area contributed by atoms with E-state index in [1.165, 1.54) is 6.20 Å². The quantitative estimate of drug-likeness (QED) is 0.456. The van der Waals surface area contributed by atoms with Crippen LogP contribution in [0.15, 0.2) is 60.3 Å². The summed E-state index contributed by atoms with van der Waals surface area (Å²) in [6, 6.07) is 14.9. The molecule has 26 heavy (non-hydrogen) atoms. The highest BCUT2D eigenvalue weighted by Crippen LogP contribution is 2.16. The van der Waals surface area contributed by atoms with Crippen molar-refractivity contribution in [2.45, 2.75) is 6.92 Å². The van der Waals surface area contributed by atoms with Crippen molar-refractivity contribution in [1.29, 1.82) is 5.26 Å². The second-order valence-corrected chi connectivity index (χ2v) is 5.51. The Bertz CT molecular complexity index is 870. The van der Waals surface area contributed by atoms with Crippen molar-refractivity contribution in [2.24, 2.45) is 0 Å². The number of nitriles is 1. The van der Waals surface area contributed by atoms with Crippen molar-refractivity contribution in [2.75, 3.05) is 17.2 Å². The fraction of sp³-hybridized carbons (Fsp3) is 0.105. The van der Waals surface area contributed by atoms with Crippen LogP contribution >= 0.6 is 11.6 Å². The van der Waals surface area contributed by atoms with Crippen LogP contribution in [0.1, 0.15) is 17.3 Å². The Morgan fingerprint density at radius 3 is 2.54 bits per heavy atom. The standard InChI is InChI=1S/C19H16ClN3O3/c1-2-26-19(25)13-6-8-16(9-7-13)22-12-14(11-21)18(24)23-17-5-3-4-15(20)10-17/h3-10,12,22H,2H2,1H3,(H,23,24)/b14-12+. The molecule has 0 bridgehead atoms. The first-order valence-electron chi connectivity index (χ1n) is 7.74. The second-order valence-electron chi connectivity index (χ2n) is 5.08. The summed E-state index contributed by atoms with van der Waals surface area (Å²) in [6.07, 6.45) is 1.29. The van der Waals surface area contributed by atoms with E-state index in [9.17, 15) is 14.9 Å². The topological polar surface area (TPSA) is 91.2 Å². The zero-order valence-electron chi connectivity index (χ0n) is 14.0. The Hall–Kier alpha value is -3.30. The predicted molar refractivity (Wildman–Crippen MR) is 99.8 cm³/mol. The number of nitrogens with one attached hydrogen (secondary N) is 2. The number of amides is 1. The number of rotatable bonds is 6. The minimum atomic E-state index is -0.564. The third kappa shape index (κ3) is 5.36. The van der Waals surface area contributed by atoms with Crippen molar-refractivity contribution in [3.8, 4) is 6.07 Å². The first-order chi connectivity index (χ1) is 12.5. The normalized spacial score (nSPS) is 10.6. The zero-order chi connectivity index (χ0) is 18.9. The van der Waals surface area contributed by atoms with E-state index in [1.54, 1.807) is 55.5 Å². The van der Waals surface area contributed by atoms with Gasteiger partial charge in [-0.3, -0.25) is 4.79 Å². The van der Waals surface area contributed by atoms with Gasteiger partial charge >= 0.3 is 5.97 Å². The molecule has 2 N–H and O–H groups in total. The minimum Gasteiger partial charge on any atom is -0.462 e. The van der Waals surface area contributed by atoms with Gasteiger partial charge in [0.25, 0.3) is 5.91 Å². The fourth-order valence-corrected chi connectivity index (χ4v) is 2.18. The molecule has 0 radical (unpaired) electrons. The Morgan fingerprint density at radius 1 is 1.19 bits per heavy atom. The van der Waals surface area contributed by atoms with Crippen LogP contribution in [0.3, 0.4) is 0 Å². The van der Waals surface area contributed by atoms with E-state index in [2.05, 4.69) is 10.6 Å². The molecule has 6 nitrogen and oxygen atoms in total. The lowest BCUT2D eigenvalue weighted by molar-refractivity contribution is -0.112. The van der Waals surface area contributed by atoms with E-state index < -0.39 is 11.9 Å². The van der Waals surface area contributed by atoms with Gasteiger partial charge in [0.05, 0.1) is 12.2 Å². The molecule has 0 aliphatic rings. The van der Waals surface area contributed by atoms with Crippen LogP contribution in [0, 0.1) is 11.3 Å². The third-order valence-electron chi connectivity index (χ3n) is 3.23. The van der Waals surface area contributed by atoms with Crippen molar-refractivity contribution in [3.63, 3.8) is 0 Å². The Kier molecular flexibility index (Phi) is 6.77. The van der Waals surface area contributed by atoms with Crippen molar-refractivity contribution in [3.05, 3.63) is 70.9 Å². The molecule has 0 fully saturated rings. The van der Waals surface area contributed by atoms with Gasteiger partial charge in [-0.2, -0.15) is 5.26 Å². The highest BCUT2D eigenvalue weighted by atomic mass is 35.5. The lowest BCUT2D eigenvalue weighted by Crippen LogP contribution is -2.14. The first-order valence-corrected chi connectivity index (χ1v) is 8.12. The maximum Gasteiger partial charge on any atom is 0.338 e. The molecule has 0 aliphatic carbocycles. The van der Waals surface area contributed by atoms with E-state index in [0.29, 0.717) is 28.6 Å². The van der Waals surface area contributed by atoms with Crippen LogP contribution in [-0.4, -0.2) is 18.5 Å². The SMILES string of the molecule is CCOC(=O)c1ccc(N/C=C(\C#N)C(=O)Nc2cccc(Cl)c2)cc1. The molecule has 1 amide bonds. The molecule has 0 heterocycles. The molecular formula is C19H16ClN3O3. The summed E-state index contributed by atoms with van der Waals surface area (Å²) in [5, 5.41) is 15.1. The van der Waals surface area contributed by atoms with Gasteiger partial charge in [0, 0.05) is 22.6 Å².